The van der Waals surface area contributed by atoms with Crippen LogP contribution < -0.4 is 11.3 Å². The zero-order valence-corrected chi connectivity index (χ0v) is 10.1. The Balaban J connectivity index is 2.84. The number of hydrogen-bond acceptors (Lipinski definition) is 4. The lowest BCUT2D eigenvalue weighted by Gasteiger charge is -2.10. The fraction of sp³-hybridized carbons (Fsp3) is 0.455. The molecule has 5 nitrogen and oxygen atoms in total. The maximum absolute atomic E-state index is 5.42. The van der Waals surface area contributed by atoms with Crippen molar-refractivity contribution < 1.29 is 0 Å². The standard InChI is InChI=1S/C11H17N5/c1-6(2)8-5-9(14-12)13-11-10(8)7(3)15-16(11)4/h5-6H,12H2,1-4H3,(H,13,14). The monoisotopic (exact) mass is 219 g/mol. The number of aryl methyl sites for hydroxylation is 2. The highest BCUT2D eigenvalue weighted by Crippen LogP contribution is 2.28. The minimum Gasteiger partial charge on any atom is -0.308 e. The Hall–Kier alpha value is -1.62. The topological polar surface area (TPSA) is 68.8 Å². The maximum Gasteiger partial charge on any atom is 0.160 e. The number of nitrogens with one attached hydrogen (secondary N) is 1. The van der Waals surface area contributed by atoms with Crippen molar-refractivity contribution in [1.82, 2.24) is 14.8 Å². The van der Waals surface area contributed by atoms with Gasteiger partial charge in [0.05, 0.1) is 5.69 Å². The van der Waals surface area contributed by atoms with Crippen LogP contribution in [-0.4, -0.2) is 14.8 Å². The summed E-state index contributed by atoms with van der Waals surface area (Å²) in [4.78, 5) is 4.42. The summed E-state index contributed by atoms with van der Waals surface area (Å²) in [5, 5.41) is 5.53. The fourth-order valence-corrected chi connectivity index (χ4v) is 2.01. The third-order valence-corrected chi connectivity index (χ3v) is 2.77. The van der Waals surface area contributed by atoms with E-state index < -0.39 is 0 Å². The zero-order chi connectivity index (χ0) is 11.9. The van der Waals surface area contributed by atoms with Gasteiger partial charge in [-0.25, -0.2) is 10.8 Å². The molecule has 0 aromatic carbocycles. The van der Waals surface area contributed by atoms with E-state index in [0.717, 1.165) is 16.7 Å². The Morgan fingerprint density at radius 3 is 2.69 bits per heavy atom. The second-order valence-electron chi connectivity index (χ2n) is 4.30. The largest absolute Gasteiger partial charge is 0.308 e. The van der Waals surface area contributed by atoms with Crippen molar-refractivity contribution >= 4 is 16.9 Å². The van der Waals surface area contributed by atoms with Crippen LogP contribution in [0.15, 0.2) is 6.07 Å². The smallest absolute Gasteiger partial charge is 0.160 e. The molecule has 0 saturated heterocycles. The van der Waals surface area contributed by atoms with E-state index >= 15 is 0 Å². The summed E-state index contributed by atoms with van der Waals surface area (Å²) in [6.45, 7) is 6.31. The van der Waals surface area contributed by atoms with Gasteiger partial charge in [-0.3, -0.25) is 4.68 Å². The molecule has 86 valence electrons. The fourth-order valence-electron chi connectivity index (χ4n) is 2.01. The Labute approximate surface area is 94.6 Å². The molecule has 0 spiro atoms. The van der Waals surface area contributed by atoms with Gasteiger partial charge in [0.15, 0.2) is 5.65 Å². The first-order chi connectivity index (χ1) is 7.54. The van der Waals surface area contributed by atoms with Crippen LogP contribution in [0.25, 0.3) is 11.0 Å². The number of aromatic nitrogens is 3. The number of rotatable bonds is 2. The molecule has 0 radical (unpaired) electrons. The predicted molar refractivity (Wildman–Crippen MR) is 65.1 cm³/mol. The molecule has 2 heterocycles. The van der Waals surface area contributed by atoms with E-state index in [4.69, 9.17) is 5.84 Å². The Bertz CT molecular complexity index is 527. The van der Waals surface area contributed by atoms with E-state index in [2.05, 4.69) is 29.4 Å². The van der Waals surface area contributed by atoms with E-state index in [-0.39, 0.29) is 0 Å². The van der Waals surface area contributed by atoms with Gasteiger partial charge in [0.2, 0.25) is 0 Å². The highest BCUT2D eigenvalue weighted by molar-refractivity contribution is 5.84. The van der Waals surface area contributed by atoms with E-state index in [1.54, 1.807) is 4.68 Å². The van der Waals surface area contributed by atoms with Crippen molar-refractivity contribution in [2.24, 2.45) is 12.9 Å². The number of pyridine rings is 1. The third kappa shape index (κ3) is 1.53. The van der Waals surface area contributed by atoms with Gasteiger partial charge in [0.25, 0.3) is 0 Å². The Kier molecular flexibility index (Phi) is 2.55. The molecule has 0 amide bonds. The van der Waals surface area contributed by atoms with Crippen LogP contribution in [0.4, 0.5) is 5.82 Å². The summed E-state index contributed by atoms with van der Waals surface area (Å²) < 4.78 is 1.79. The average molecular weight is 219 g/mol. The summed E-state index contributed by atoms with van der Waals surface area (Å²) in [5.74, 6) is 6.52. The highest BCUT2D eigenvalue weighted by atomic mass is 15.3. The Morgan fingerprint density at radius 2 is 2.12 bits per heavy atom. The summed E-state index contributed by atoms with van der Waals surface area (Å²) in [7, 11) is 1.90. The maximum atomic E-state index is 5.42. The van der Waals surface area contributed by atoms with Crippen molar-refractivity contribution in [2.45, 2.75) is 26.7 Å². The first kappa shape index (κ1) is 10.9. The molecule has 0 atom stereocenters. The second-order valence-corrected chi connectivity index (χ2v) is 4.30. The van der Waals surface area contributed by atoms with Gasteiger partial charge >= 0.3 is 0 Å². The van der Waals surface area contributed by atoms with Crippen molar-refractivity contribution in [3.05, 3.63) is 17.3 Å². The van der Waals surface area contributed by atoms with Crippen LogP contribution in [0.3, 0.4) is 0 Å². The lowest BCUT2D eigenvalue weighted by molar-refractivity contribution is 0.774. The summed E-state index contributed by atoms with van der Waals surface area (Å²) in [5.41, 5.74) is 5.71. The number of hydrogen-bond donors (Lipinski definition) is 2. The normalized spacial score (nSPS) is 11.4. The molecule has 16 heavy (non-hydrogen) atoms. The highest BCUT2D eigenvalue weighted by Gasteiger charge is 2.14. The number of hydrazine groups is 1. The molecular formula is C11H17N5. The molecule has 0 aliphatic carbocycles. The lowest BCUT2D eigenvalue weighted by Crippen LogP contribution is -2.10. The van der Waals surface area contributed by atoms with Crippen LogP contribution in [0.2, 0.25) is 0 Å². The minimum atomic E-state index is 0.417. The molecule has 0 saturated carbocycles. The van der Waals surface area contributed by atoms with Gasteiger partial charge in [-0.15, -0.1) is 0 Å². The summed E-state index contributed by atoms with van der Waals surface area (Å²) in [6.07, 6.45) is 0. The van der Waals surface area contributed by atoms with Gasteiger partial charge < -0.3 is 5.43 Å². The minimum absolute atomic E-state index is 0.417. The molecule has 0 bridgehead atoms. The molecule has 2 rings (SSSR count). The molecule has 0 unspecified atom stereocenters. The predicted octanol–water partition coefficient (Wildman–Crippen LogP) is 1.69. The van der Waals surface area contributed by atoms with Crippen LogP contribution in [0, 0.1) is 6.92 Å². The van der Waals surface area contributed by atoms with Crippen molar-refractivity contribution in [1.29, 1.82) is 0 Å². The van der Waals surface area contributed by atoms with Crippen LogP contribution in [0.5, 0.6) is 0 Å². The molecule has 0 aliphatic heterocycles. The van der Waals surface area contributed by atoms with E-state index in [1.165, 1.54) is 5.56 Å². The number of nitrogens with two attached hydrogens (primary N) is 1. The second kappa shape index (κ2) is 3.75. The Morgan fingerprint density at radius 1 is 1.44 bits per heavy atom. The zero-order valence-electron chi connectivity index (χ0n) is 10.1. The van der Waals surface area contributed by atoms with E-state index in [1.807, 2.05) is 20.0 Å². The molecular weight excluding hydrogens is 202 g/mol. The number of nitrogen functional groups attached to an aromatic ring is 1. The average Bonchev–Trinajstić information content (AvgIpc) is 2.53. The summed E-state index contributed by atoms with van der Waals surface area (Å²) >= 11 is 0. The van der Waals surface area contributed by atoms with Crippen molar-refractivity contribution in [3.8, 4) is 0 Å². The quantitative estimate of drug-likeness (QED) is 0.595. The molecule has 0 fully saturated rings. The number of nitrogens with zero attached hydrogens (tertiary/aromatic N) is 3. The third-order valence-electron chi connectivity index (χ3n) is 2.77. The van der Waals surface area contributed by atoms with Gasteiger partial charge in [-0.05, 0) is 24.5 Å². The van der Waals surface area contributed by atoms with Crippen LogP contribution >= 0.6 is 0 Å². The van der Waals surface area contributed by atoms with Gasteiger partial charge in [-0.1, -0.05) is 13.8 Å². The SMILES string of the molecule is Cc1nn(C)c2nc(NN)cc(C(C)C)c12. The first-order valence-corrected chi connectivity index (χ1v) is 5.35. The summed E-state index contributed by atoms with van der Waals surface area (Å²) in [6, 6.07) is 1.99. The number of fused-ring (bicyclic) bond motifs is 1. The van der Waals surface area contributed by atoms with E-state index in [0.29, 0.717) is 11.7 Å². The molecule has 0 aliphatic rings. The molecule has 2 aromatic rings. The molecule has 5 heteroatoms. The van der Waals surface area contributed by atoms with Gasteiger partial charge in [0.1, 0.15) is 5.82 Å². The molecule has 3 N–H and O–H groups in total. The lowest BCUT2D eigenvalue weighted by atomic mass is 10.00. The van der Waals surface area contributed by atoms with Crippen LogP contribution in [0.1, 0.15) is 31.0 Å². The number of anilines is 1. The van der Waals surface area contributed by atoms with E-state index in [9.17, 15) is 0 Å². The van der Waals surface area contributed by atoms with Gasteiger partial charge in [-0.2, -0.15) is 5.10 Å². The molecule has 2 aromatic heterocycles. The van der Waals surface area contributed by atoms with Gasteiger partial charge in [0, 0.05) is 12.4 Å². The van der Waals surface area contributed by atoms with Crippen LogP contribution in [-0.2, 0) is 7.05 Å². The van der Waals surface area contributed by atoms with Crippen molar-refractivity contribution in [3.63, 3.8) is 0 Å². The first-order valence-electron chi connectivity index (χ1n) is 5.35. The van der Waals surface area contributed by atoms with Crippen molar-refractivity contribution in [2.75, 3.05) is 5.43 Å².